The summed E-state index contributed by atoms with van der Waals surface area (Å²) in [6, 6.07) is 76.1. The Morgan fingerprint density at radius 3 is 1.24 bits per heavy atom. The second-order valence-corrected chi connectivity index (χ2v) is 18.1. The minimum Gasteiger partial charge on any atom is -0.310 e. The van der Waals surface area contributed by atoms with Crippen LogP contribution in [0, 0.1) is 0 Å². The van der Waals surface area contributed by atoms with Crippen molar-refractivity contribution in [1.82, 2.24) is 0 Å². The lowest BCUT2D eigenvalue weighted by Gasteiger charge is -2.32. The number of para-hydroxylation sites is 4. The Balaban J connectivity index is 1.00. The van der Waals surface area contributed by atoms with E-state index in [1.165, 1.54) is 0 Å². The number of nitrogens with zero attached hydrogens (tertiary/aromatic N) is 11. The van der Waals surface area contributed by atoms with Gasteiger partial charge in [0.2, 0.25) is 0 Å². The van der Waals surface area contributed by atoms with Gasteiger partial charge < -0.3 is 9.80 Å². The minimum absolute atomic E-state index is 0.0942. The Kier molecular flexibility index (Phi) is 11.5. The lowest BCUT2D eigenvalue weighted by atomic mass is 9.78. The normalized spacial score (nSPS) is 15.7. The Morgan fingerprint density at radius 1 is 0.352 bits per heavy atom. The van der Waals surface area contributed by atoms with E-state index in [1.807, 2.05) is 42.5 Å². The van der Waals surface area contributed by atoms with Crippen molar-refractivity contribution < 1.29 is 0 Å². The number of rotatable bonds is 14. The lowest BCUT2D eigenvalue weighted by Crippen LogP contribution is -2.32. The van der Waals surface area contributed by atoms with Gasteiger partial charge in [0, 0.05) is 79.1 Å². The molecule has 0 N–H and O–H groups in total. The molecule has 1 atom stereocenters. The van der Waals surface area contributed by atoms with E-state index in [4.69, 9.17) is 0 Å². The van der Waals surface area contributed by atoms with Crippen molar-refractivity contribution in [2.45, 2.75) is 17.8 Å². The van der Waals surface area contributed by atoms with Crippen LogP contribution in [0.1, 0.15) is 29.2 Å². The van der Waals surface area contributed by atoms with E-state index < -0.39 is 10.8 Å². The van der Waals surface area contributed by atoms with E-state index in [1.54, 1.807) is 0 Å². The Morgan fingerprint density at radius 2 is 0.732 bits per heavy atom. The van der Waals surface area contributed by atoms with Gasteiger partial charge in [0.05, 0.1) is 11.4 Å². The summed E-state index contributed by atoms with van der Waals surface area (Å²) >= 11 is 0. The van der Waals surface area contributed by atoms with Crippen molar-refractivity contribution in [3.8, 4) is 44.5 Å². The summed E-state index contributed by atoms with van der Waals surface area (Å²) in [5.74, 6) is 0. The third kappa shape index (κ3) is 7.56. The number of benzene rings is 9. The molecule has 2 aliphatic carbocycles. The molecular formula is C60H45N11. The van der Waals surface area contributed by atoms with Crippen LogP contribution in [0.15, 0.2) is 234 Å². The minimum atomic E-state index is -0.857. The highest BCUT2D eigenvalue weighted by Gasteiger charge is 2.43. The summed E-state index contributed by atoms with van der Waals surface area (Å²) in [6.07, 6.45) is 0. The van der Waals surface area contributed by atoms with Crippen LogP contribution in [0.2, 0.25) is 0 Å². The average Bonchev–Trinajstić information content (AvgIpc) is 3.85. The Labute approximate surface area is 411 Å². The molecule has 11 heteroatoms. The molecule has 71 heavy (non-hydrogen) atoms. The fourth-order valence-electron chi connectivity index (χ4n) is 11.0. The van der Waals surface area contributed by atoms with Crippen molar-refractivity contribution in [2.75, 3.05) is 29.4 Å². The highest BCUT2D eigenvalue weighted by atomic mass is 15.2. The molecule has 0 aliphatic heterocycles. The molecule has 340 valence electrons. The lowest BCUT2D eigenvalue weighted by molar-refractivity contribution is 0.549. The van der Waals surface area contributed by atoms with Gasteiger partial charge in [0.1, 0.15) is 0 Å². The first-order valence-corrected chi connectivity index (χ1v) is 23.5. The van der Waals surface area contributed by atoms with Crippen molar-refractivity contribution in [1.29, 1.82) is 0 Å². The highest BCUT2D eigenvalue weighted by Crippen LogP contribution is 2.54. The van der Waals surface area contributed by atoms with E-state index >= 15 is 0 Å². The predicted octanol–water partition coefficient (Wildman–Crippen LogP) is 17.4. The Hall–Kier alpha value is -9.49. The molecule has 11 rings (SSSR count). The number of anilines is 6. The zero-order chi connectivity index (χ0) is 48.4. The topological polar surface area (TPSA) is 153 Å². The van der Waals surface area contributed by atoms with Crippen LogP contribution in [-0.2, 0) is 10.8 Å². The van der Waals surface area contributed by atoms with Crippen LogP contribution in [0.4, 0.5) is 34.1 Å². The predicted molar refractivity (Wildman–Crippen MR) is 287 cm³/mol. The molecular weight excluding hydrogens is 875 g/mol. The molecule has 0 amide bonds. The van der Waals surface area contributed by atoms with E-state index in [-0.39, 0.29) is 13.1 Å². The smallest absolute Gasteiger partial charge is 0.0540 e. The van der Waals surface area contributed by atoms with Crippen molar-refractivity contribution in [2.24, 2.45) is 15.3 Å². The maximum absolute atomic E-state index is 9.58. The fourth-order valence-corrected chi connectivity index (χ4v) is 11.0. The summed E-state index contributed by atoms with van der Waals surface area (Å²) in [5.41, 5.74) is 45.9. The first kappa shape index (κ1) is 44.0. The zero-order valence-corrected chi connectivity index (χ0v) is 38.8. The van der Waals surface area contributed by atoms with Gasteiger partial charge in [-0.3, -0.25) is 0 Å². The second kappa shape index (κ2) is 18.5. The van der Waals surface area contributed by atoms with Crippen LogP contribution in [-0.4, -0.2) is 19.6 Å². The third-order valence-corrected chi connectivity index (χ3v) is 14.3. The summed E-state index contributed by atoms with van der Waals surface area (Å²) < 4.78 is 0. The second-order valence-electron chi connectivity index (χ2n) is 18.1. The monoisotopic (exact) mass is 919 g/mol. The fraction of sp³-hybridized carbons (Fsp3) is 0.100. The number of azide groups is 3. The molecule has 9 aromatic rings. The van der Waals surface area contributed by atoms with Crippen LogP contribution in [0.25, 0.3) is 75.8 Å². The molecule has 0 heterocycles. The van der Waals surface area contributed by atoms with E-state index in [0.717, 1.165) is 101 Å². The molecule has 0 spiro atoms. The molecule has 11 nitrogen and oxygen atoms in total. The van der Waals surface area contributed by atoms with Crippen LogP contribution >= 0.6 is 0 Å². The highest BCUT2D eigenvalue weighted by molar-refractivity contribution is 5.94. The van der Waals surface area contributed by atoms with Gasteiger partial charge in [-0.15, -0.1) is 0 Å². The van der Waals surface area contributed by atoms with E-state index in [9.17, 15) is 16.6 Å². The third-order valence-electron chi connectivity index (χ3n) is 14.3. The number of fused-ring (bicyclic) bond motifs is 6. The first-order valence-electron chi connectivity index (χ1n) is 23.5. The van der Waals surface area contributed by atoms with Crippen LogP contribution in [0.5, 0.6) is 0 Å². The van der Waals surface area contributed by atoms with Crippen molar-refractivity contribution >= 4 is 34.1 Å². The van der Waals surface area contributed by atoms with Gasteiger partial charge in [0.15, 0.2) is 0 Å². The van der Waals surface area contributed by atoms with E-state index in [0.29, 0.717) is 6.54 Å². The summed E-state index contributed by atoms with van der Waals surface area (Å²) in [5, 5.41) is 12.3. The van der Waals surface area contributed by atoms with Crippen molar-refractivity contribution in [3.05, 3.63) is 272 Å². The molecule has 0 saturated heterocycles. The van der Waals surface area contributed by atoms with Crippen LogP contribution in [0.3, 0.4) is 0 Å². The summed E-state index contributed by atoms with van der Waals surface area (Å²) in [7, 11) is 0. The van der Waals surface area contributed by atoms with Gasteiger partial charge >= 0.3 is 0 Å². The van der Waals surface area contributed by atoms with Gasteiger partial charge in [-0.05, 0) is 133 Å². The zero-order valence-electron chi connectivity index (χ0n) is 38.8. The molecule has 0 aromatic heterocycles. The van der Waals surface area contributed by atoms with E-state index in [2.05, 4.69) is 223 Å². The quantitative estimate of drug-likeness (QED) is 0.0606. The van der Waals surface area contributed by atoms with Gasteiger partial charge in [-0.2, -0.15) is 0 Å². The Bertz CT molecular complexity index is 3610. The number of hydrogen-bond acceptors (Lipinski definition) is 5. The molecule has 0 fully saturated rings. The molecule has 0 bridgehead atoms. The summed E-state index contributed by atoms with van der Waals surface area (Å²) in [6.45, 7) is 2.67. The maximum atomic E-state index is 9.58. The molecule has 0 radical (unpaired) electrons. The molecule has 9 aromatic carbocycles. The standard InChI is InChI=1S/C60H45N11/c1-59(38-64-67-61)53-24-12-8-22-49(53)51-34-32-45(36-55(51)59)70(43-16-4-2-5-17-43)57-26-14-10-20-47(57)41-28-30-42(31-29-41)48-21-11-15-27-58(48)71(44-18-6-3-7-19-44)46-33-35-52-50-23-9-13-25-54(50)60(39-65-68-62,40-66-69-63)56(52)37-46/h2-37H,38-40H2,1H3. The van der Waals surface area contributed by atoms with Gasteiger partial charge in [-0.1, -0.05) is 180 Å². The van der Waals surface area contributed by atoms with Gasteiger partial charge in [-0.25, -0.2) is 0 Å². The summed E-state index contributed by atoms with van der Waals surface area (Å²) in [4.78, 5) is 14.1. The van der Waals surface area contributed by atoms with Gasteiger partial charge in [0.25, 0.3) is 0 Å². The molecule has 2 aliphatic rings. The first-order chi connectivity index (χ1) is 35.0. The average molecular weight is 920 g/mol. The molecule has 0 saturated carbocycles. The number of hydrogen-bond donors (Lipinski definition) is 0. The largest absolute Gasteiger partial charge is 0.310 e. The maximum Gasteiger partial charge on any atom is 0.0540 e. The SMILES string of the molecule is CC1(CN=[N+]=[N-])c2ccccc2-c2ccc(N(c3ccccc3)c3ccccc3-c3ccc(-c4ccccc4N(c4ccccc4)c4ccc5c(c4)C(CN=[N+]=[N-])(CN=[N+]=[N-])c4ccccc4-5)cc3)cc21. The van der Waals surface area contributed by atoms with Crippen molar-refractivity contribution in [3.63, 3.8) is 0 Å². The molecule has 1 unspecified atom stereocenters. The van der Waals surface area contributed by atoms with Crippen LogP contribution < -0.4 is 9.80 Å².